The molecule has 1 rings (SSSR count). The quantitative estimate of drug-likeness (QED) is 0.799. The van der Waals surface area contributed by atoms with Crippen molar-refractivity contribution in [2.24, 2.45) is 0 Å². The normalized spacial score (nSPS) is 11.1. The van der Waals surface area contributed by atoms with Crippen molar-refractivity contribution in [1.29, 1.82) is 0 Å². The van der Waals surface area contributed by atoms with E-state index in [-0.39, 0.29) is 18.0 Å². The number of carbonyl (C=O) groups is 2. The smallest absolute Gasteiger partial charge is 0.321 e. The lowest BCUT2D eigenvalue weighted by Crippen LogP contribution is -2.49. The molecular weight excluding hydrogens is 266 g/mol. The van der Waals surface area contributed by atoms with E-state index in [1.54, 1.807) is 0 Å². The van der Waals surface area contributed by atoms with Crippen LogP contribution in [0.25, 0.3) is 0 Å². The van der Waals surface area contributed by atoms with Crippen LogP contribution in [0.3, 0.4) is 0 Å². The Labute approximate surface area is 126 Å². The van der Waals surface area contributed by atoms with Crippen molar-refractivity contribution < 1.29 is 9.59 Å². The first-order chi connectivity index (χ1) is 9.69. The maximum absolute atomic E-state index is 11.8. The van der Waals surface area contributed by atoms with Crippen molar-refractivity contribution in [1.82, 2.24) is 10.6 Å². The van der Waals surface area contributed by atoms with Crippen LogP contribution in [-0.2, 0) is 4.79 Å². The van der Waals surface area contributed by atoms with Crippen LogP contribution in [0.15, 0.2) is 24.3 Å². The SMILES string of the molecule is CC(C)c1ccccc1NCC(=O)NC(=O)NC(C)(C)C. The van der Waals surface area contributed by atoms with E-state index >= 15 is 0 Å². The molecule has 0 aliphatic rings. The first-order valence-electron chi connectivity index (χ1n) is 7.14. The molecule has 3 N–H and O–H groups in total. The number of anilines is 1. The highest BCUT2D eigenvalue weighted by atomic mass is 16.2. The van der Waals surface area contributed by atoms with E-state index in [4.69, 9.17) is 0 Å². The summed E-state index contributed by atoms with van der Waals surface area (Å²) in [6, 6.07) is 7.36. The third-order valence-corrected chi connectivity index (χ3v) is 2.76. The van der Waals surface area contributed by atoms with Crippen LogP contribution in [0.2, 0.25) is 0 Å². The van der Waals surface area contributed by atoms with Crippen molar-refractivity contribution in [3.05, 3.63) is 29.8 Å². The van der Waals surface area contributed by atoms with Crippen LogP contribution < -0.4 is 16.0 Å². The molecule has 0 saturated heterocycles. The van der Waals surface area contributed by atoms with E-state index in [1.807, 2.05) is 45.0 Å². The second-order valence-corrected chi connectivity index (χ2v) is 6.35. The van der Waals surface area contributed by atoms with E-state index in [9.17, 15) is 9.59 Å². The van der Waals surface area contributed by atoms with Gasteiger partial charge in [-0.25, -0.2) is 4.79 Å². The van der Waals surface area contributed by atoms with Crippen molar-refractivity contribution in [3.8, 4) is 0 Å². The van der Waals surface area contributed by atoms with Crippen molar-refractivity contribution in [2.45, 2.75) is 46.1 Å². The molecule has 0 spiro atoms. The highest BCUT2D eigenvalue weighted by molar-refractivity contribution is 5.96. The first-order valence-corrected chi connectivity index (χ1v) is 7.14. The molecule has 5 heteroatoms. The number of amides is 3. The number of imide groups is 1. The molecule has 3 amide bonds. The number of hydrogen-bond acceptors (Lipinski definition) is 3. The largest absolute Gasteiger partial charge is 0.376 e. The van der Waals surface area contributed by atoms with Crippen LogP contribution in [0.4, 0.5) is 10.5 Å². The highest BCUT2D eigenvalue weighted by Gasteiger charge is 2.15. The minimum Gasteiger partial charge on any atom is -0.376 e. The number of hydrogen-bond donors (Lipinski definition) is 3. The fraction of sp³-hybridized carbons (Fsp3) is 0.500. The van der Waals surface area contributed by atoms with E-state index < -0.39 is 6.03 Å². The third kappa shape index (κ3) is 6.29. The summed E-state index contributed by atoms with van der Waals surface area (Å²) in [6.07, 6.45) is 0. The summed E-state index contributed by atoms with van der Waals surface area (Å²) >= 11 is 0. The molecule has 1 aromatic carbocycles. The number of para-hydroxylation sites is 1. The Morgan fingerprint density at radius 1 is 1.14 bits per heavy atom. The van der Waals surface area contributed by atoms with Crippen molar-refractivity contribution in [2.75, 3.05) is 11.9 Å². The molecule has 5 nitrogen and oxygen atoms in total. The monoisotopic (exact) mass is 291 g/mol. The van der Waals surface area contributed by atoms with Gasteiger partial charge in [-0.3, -0.25) is 10.1 Å². The summed E-state index contributed by atoms with van der Waals surface area (Å²) in [5, 5.41) is 8.05. The minimum atomic E-state index is -0.480. The summed E-state index contributed by atoms with van der Waals surface area (Å²) < 4.78 is 0. The van der Waals surface area contributed by atoms with Crippen molar-refractivity contribution in [3.63, 3.8) is 0 Å². The molecule has 21 heavy (non-hydrogen) atoms. The fourth-order valence-corrected chi connectivity index (χ4v) is 1.88. The van der Waals surface area contributed by atoms with Gasteiger partial charge in [0.1, 0.15) is 0 Å². The molecule has 0 heterocycles. The zero-order valence-corrected chi connectivity index (χ0v) is 13.4. The van der Waals surface area contributed by atoms with Gasteiger partial charge >= 0.3 is 6.03 Å². The molecule has 0 aromatic heterocycles. The fourth-order valence-electron chi connectivity index (χ4n) is 1.88. The summed E-state index contributed by atoms with van der Waals surface area (Å²) in [7, 11) is 0. The molecule has 0 aliphatic heterocycles. The Bertz CT molecular complexity index is 504. The molecule has 116 valence electrons. The van der Waals surface area contributed by atoms with Gasteiger partial charge in [-0.15, -0.1) is 0 Å². The zero-order chi connectivity index (χ0) is 16.0. The predicted molar refractivity (Wildman–Crippen MR) is 85.4 cm³/mol. The van der Waals surface area contributed by atoms with E-state index in [0.717, 1.165) is 11.3 Å². The summed E-state index contributed by atoms with van der Waals surface area (Å²) in [4.78, 5) is 23.3. The number of urea groups is 1. The molecular formula is C16H25N3O2. The molecule has 0 aliphatic carbocycles. The lowest BCUT2D eigenvalue weighted by Gasteiger charge is -2.20. The number of rotatable bonds is 4. The summed E-state index contributed by atoms with van der Waals surface area (Å²) in [5.41, 5.74) is 1.69. The molecule has 0 radical (unpaired) electrons. The Kier molecular flexibility index (Phi) is 5.76. The minimum absolute atomic E-state index is 0.0568. The third-order valence-electron chi connectivity index (χ3n) is 2.76. The lowest BCUT2D eigenvalue weighted by atomic mass is 10.0. The van der Waals surface area contributed by atoms with Crippen LogP contribution >= 0.6 is 0 Å². The average Bonchev–Trinajstić information content (AvgIpc) is 2.34. The van der Waals surface area contributed by atoms with Crippen LogP contribution in [0, 0.1) is 0 Å². The van der Waals surface area contributed by atoms with E-state index in [2.05, 4.69) is 29.8 Å². The number of carbonyl (C=O) groups excluding carboxylic acids is 2. The Hall–Kier alpha value is -2.04. The van der Waals surface area contributed by atoms with Gasteiger partial charge in [0.2, 0.25) is 5.91 Å². The predicted octanol–water partition coefficient (Wildman–Crippen LogP) is 2.85. The molecule has 0 unspecified atom stereocenters. The Balaban J connectivity index is 2.52. The topological polar surface area (TPSA) is 70.2 Å². The van der Waals surface area contributed by atoms with Crippen LogP contribution in [-0.4, -0.2) is 24.0 Å². The summed E-state index contributed by atoms with van der Waals surface area (Å²) in [5.74, 6) is -0.00346. The first kappa shape index (κ1) is 17.0. The molecule has 0 bridgehead atoms. The molecule has 0 atom stereocenters. The second kappa shape index (κ2) is 7.11. The molecule has 0 fully saturated rings. The summed E-state index contributed by atoms with van der Waals surface area (Å²) in [6.45, 7) is 9.81. The average molecular weight is 291 g/mol. The standard InChI is InChI=1S/C16H25N3O2/c1-11(2)12-8-6-7-9-13(12)17-10-14(20)18-15(21)19-16(3,4)5/h6-9,11,17H,10H2,1-5H3,(H2,18,19,20,21). The number of benzene rings is 1. The zero-order valence-electron chi connectivity index (χ0n) is 13.4. The van der Waals surface area contributed by atoms with Crippen molar-refractivity contribution >= 4 is 17.6 Å². The maximum Gasteiger partial charge on any atom is 0.321 e. The van der Waals surface area contributed by atoms with Gasteiger partial charge in [-0.1, -0.05) is 32.0 Å². The van der Waals surface area contributed by atoms with E-state index in [0.29, 0.717) is 5.92 Å². The van der Waals surface area contributed by atoms with Crippen LogP contribution in [0.5, 0.6) is 0 Å². The number of nitrogens with one attached hydrogen (secondary N) is 3. The molecule has 1 aromatic rings. The maximum atomic E-state index is 11.8. The highest BCUT2D eigenvalue weighted by Crippen LogP contribution is 2.23. The van der Waals surface area contributed by atoms with Crippen LogP contribution in [0.1, 0.15) is 46.1 Å². The van der Waals surface area contributed by atoms with Gasteiger partial charge in [-0.2, -0.15) is 0 Å². The van der Waals surface area contributed by atoms with Gasteiger partial charge in [0.15, 0.2) is 0 Å². The Morgan fingerprint density at radius 2 is 1.76 bits per heavy atom. The second-order valence-electron chi connectivity index (χ2n) is 6.35. The van der Waals surface area contributed by atoms with Gasteiger partial charge in [0.05, 0.1) is 6.54 Å². The van der Waals surface area contributed by atoms with Gasteiger partial charge in [0.25, 0.3) is 0 Å². The van der Waals surface area contributed by atoms with Gasteiger partial charge in [0, 0.05) is 11.2 Å². The van der Waals surface area contributed by atoms with Gasteiger partial charge < -0.3 is 10.6 Å². The Morgan fingerprint density at radius 3 is 2.33 bits per heavy atom. The lowest BCUT2D eigenvalue weighted by molar-refractivity contribution is -0.118. The molecule has 0 saturated carbocycles. The van der Waals surface area contributed by atoms with Gasteiger partial charge in [-0.05, 0) is 38.3 Å². The van der Waals surface area contributed by atoms with E-state index in [1.165, 1.54) is 0 Å².